The lowest BCUT2D eigenvalue weighted by Gasteiger charge is -2.26. The number of hydrogen-bond acceptors (Lipinski definition) is 3. The maximum atomic E-state index is 6.12. The van der Waals surface area contributed by atoms with Crippen LogP contribution in [0.1, 0.15) is 44.4 Å². The first-order chi connectivity index (χ1) is 13.0. The van der Waals surface area contributed by atoms with Crippen LogP contribution in [-0.2, 0) is 25.9 Å². The van der Waals surface area contributed by atoms with Crippen LogP contribution in [0.3, 0.4) is 0 Å². The molecule has 0 radical (unpaired) electrons. The van der Waals surface area contributed by atoms with Gasteiger partial charge in [0.05, 0.1) is 0 Å². The van der Waals surface area contributed by atoms with Gasteiger partial charge in [0.1, 0.15) is 12.4 Å². The molecule has 1 aliphatic heterocycles. The minimum atomic E-state index is 0. The Morgan fingerprint density at radius 1 is 1.29 bits per heavy atom. The Balaban J connectivity index is 0.00000280. The van der Waals surface area contributed by atoms with E-state index >= 15 is 0 Å². The van der Waals surface area contributed by atoms with Crippen molar-refractivity contribution in [3.63, 3.8) is 0 Å². The summed E-state index contributed by atoms with van der Waals surface area (Å²) in [6.07, 6.45) is 3.11. The molecule has 154 valence electrons. The van der Waals surface area contributed by atoms with Crippen molar-refractivity contribution < 1.29 is 0 Å². The van der Waals surface area contributed by atoms with Crippen molar-refractivity contribution in [1.29, 1.82) is 0 Å². The lowest BCUT2D eigenvalue weighted by Crippen LogP contribution is -2.42. The van der Waals surface area contributed by atoms with Gasteiger partial charge in [-0.2, -0.15) is 0 Å². The zero-order valence-electron chi connectivity index (χ0n) is 16.8. The molecule has 0 saturated heterocycles. The molecule has 0 atom stereocenters. The summed E-state index contributed by atoms with van der Waals surface area (Å²) in [7, 11) is 0. The van der Waals surface area contributed by atoms with Crippen molar-refractivity contribution in [1.82, 2.24) is 25.4 Å². The number of fused-ring (bicyclic) bond motifs is 1. The SMILES string of the molecule is CCNC(=NCc1nnc2n1CCC2)NCC(C)(C)Cc1cccc(Cl)c1.I. The van der Waals surface area contributed by atoms with E-state index in [4.69, 9.17) is 16.6 Å². The Hall–Kier alpha value is -1.35. The molecule has 1 aromatic carbocycles. The summed E-state index contributed by atoms with van der Waals surface area (Å²) in [6, 6.07) is 8.07. The molecule has 0 aliphatic carbocycles. The molecule has 2 N–H and O–H groups in total. The molecule has 2 aromatic rings. The Labute approximate surface area is 189 Å². The normalized spacial score (nSPS) is 13.8. The number of aliphatic imine (C=N–C) groups is 1. The van der Waals surface area contributed by atoms with Gasteiger partial charge >= 0.3 is 0 Å². The summed E-state index contributed by atoms with van der Waals surface area (Å²) in [4.78, 5) is 4.71. The summed E-state index contributed by atoms with van der Waals surface area (Å²) in [6.45, 7) is 9.73. The van der Waals surface area contributed by atoms with Crippen LogP contribution in [0.25, 0.3) is 0 Å². The molecule has 0 saturated carbocycles. The highest BCUT2D eigenvalue weighted by Gasteiger charge is 2.20. The predicted molar refractivity (Wildman–Crippen MR) is 126 cm³/mol. The summed E-state index contributed by atoms with van der Waals surface area (Å²) in [5, 5.41) is 16.1. The zero-order chi connectivity index (χ0) is 19.3. The number of rotatable bonds is 7. The van der Waals surface area contributed by atoms with E-state index in [1.54, 1.807) is 0 Å². The molecule has 3 rings (SSSR count). The van der Waals surface area contributed by atoms with Crippen LogP contribution in [0.4, 0.5) is 0 Å². The van der Waals surface area contributed by atoms with E-state index in [0.29, 0.717) is 6.54 Å². The van der Waals surface area contributed by atoms with Crippen molar-refractivity contribution in [2.45, 2.75) is 53.1 Å². The van der Waals surface area contributed by atoms with Gasteiger partial charge in [-0.15, -0.1) is 34.2 Å². The molecule has 1 aromatic heterocycles. The Bertz CT molecular complexity index is 802. The molecule has 1 aliphatic rings. The van der Waals surface area contributed by atoms with E-state index in [1.807, 2.05) is 18.2 Å². The molecule has 28 heavy (non-hydrogen) atoms. The van der Waals surface area contributed by atoms with E-state index in [2.05, 4.69) is 52.2 Å². The number of hydrogen-bond donors (Lipinski definition) is 2. The lowest BCUT2D eigenvalue weighted by molar-refractivity contribution is 0.359. The van der Waals surface area contributed by atoms with Gasteiger partial charge in [-0.1, -0.05) is 37.6 Å². The zero-order valence-corrected chi connectivity index (χ0v) is 19.9. The standard InChI is InChI=1S/C20H29ClN6.HI/c1-4-22-19(23-13-18-26-25-17-9-6-10-27(17)18)24-14-20(2,3)12-15-7-5-8-16(21)11-15;/h5,7-8,11H,4,6,9-10,12-14H2,1-3H3,(H2,22,23,24);1H. The minimum absolute atomic E-state index is 0. The summed E-state index contributed by atoms with van der Waals surface area (Å²) in [5.74, 6) is 2.84. The highest BCUT2D eigenvalue weighted by molar-refractivity contribution is 14.0. The smallest absolute Gasteiger partial charge is 0.191 e. The first-order valence-corrected chi connectivity index (χ1v) is 10.0. The second-order valence-electron chi connectivity index (χ2n) is 7.81. The van der Waals surface area contributed by atoms with Gasteiger partial charge in [0.15, 0.2) is 11.8 Å². The molecular formula is C20H30ClIN6. The van der Waals surface area contributed by atoms with Crippen molar-refractivity contribution in [3.8, 4) is 0 Å². The fourth-order valence-corrected chi connectivity index (χ4v) is 3.62. The van der Waals surface area contributed by atoms with Crippen LogP contribution >= 0.6 is 35.6 Å². The van der Waals surface area contributed by atoms with Gasteiger partial charge in [0, 0.05) is 31.1 Å². The Morgan fingerprint density at radius 3 is 2.86 bits per heavy atom. The Kier molecular flexibility index (Phi) is 8.55. The number of nitrogens with zero attached hydrogens (tertiary/aromatic N) is 4. The highest BCUT2D eigenvalue weighted by atomic mass is 127. The molecule has 0 bridgehead atoms. The van der Waals surface area contributed by atoms with Gasteiger partial charge in [-0.05, 0) is 42.9 Å². The lowest BCUT2D eigenvalue weighted by atomic mass is 9.86. The number of guanidine groups is 1. The average Bonchev–Trinajstić information content (AvgIpc) is 3.21. The van der Waals surface area contributed by atoms with Gasteiger partial charge in [-0.3, -0.25) is 0 Å². The van der Waals surface area contributed by atoms with E-state index in [-0.39, 0.29) is 29.4 Å². The number of benzene rings is 1. The van der Waals surface area contributed by atoms with Gasteiger partial charge in [0.25, 0.3) is 0 Å². The largest absolute Gasteiger partial charge is 0.357 e. The van der Waals surface area contributed by atoms with Crippen molar-refractivity contribution in [2.24, 2.45) is 10.4 Å². The second kappa shape index (κ2) is 10.4. The third-order valence-electron chi connectivity index (χ3n) is 4.72. The number of nitrogens with one attached hydrogen (secondary N) is 2. The quantitative estimate of drug-likeness (QED) is 0.334. The van der Waals surface area contributed by atoms with Crippen LogP contribution in [0.15, 0.2) is 29.3 Å². The maximum Gasteiger partial charge on any atom is 0.191 e. The number of aromatic nitrogens is 3. The van der Waals surface area contributed by atoms with Crippen LogP contribution in [0.5, 0.6) is 0 Å². The maximum absolute atomic E-state index is 6.12. The van der Waals surface area contributed by atoms with Crippen LogP contribution in [-0.4, -0.2) is 33.8 Å². The predicted octanol–water partition coefficient (Wildman–Crippen LogP) is 3.82. The van der Waals surface area contributed by atoms with Crippen LogP contribution < -0.4 is 10.6 Å². The summed E-state index contributed by atoms with van der Waals surface area (Å²) < 4.78 is 2.19. The highest BCUT2D eigenvalue weighted by Crippen LogP contribution is 2.22. The van der Waals surface area contributed by atoms with Crippen molar-refractivity contribution in [3.05, 3.63) is 46.5 Å². The fourth-order valence-electron chi connectivity index (χ4n) is 3.40. The topological polar surface area (TPSA) is 67.1 Å². The molecule has 0 amide bonds. The van der Waals surface area contributed by atoms with Crippen LogP contribution in [0.2, 0.25) is 5.02 Å². The molecule has 0 unspecified atom stereocenters. The first kappa shape index (κ1) is 22.9. The van der Waals surface area contributed by atoms with E-state index in [0.717, 1.165) is 61.5 Å². The average molecular weight is 517 g/mol. The third-order valence-corrected chi connectivity index (χ3v) is 4.95. The van der Waals surface area contributed by atoms with Crippen molar-refractivity contribution >= 4 is 41.5 Å². The minimum Gasteiger partial charge on any atom is -0.357 e. The van der Waals surface area contributed by atoms with Gasteiger partial charge in [-0.25, -0.2) is 4.99 Å². The molecule has 0 fully saturated rings. The Morgan fingerprint density at radius 2 is 2.11 bits per heavy atom. The summed E-state index contributed by atoms with van der Waals surface area (Å²) in [5.41, 5.74) is 1.31. The van der Waals surface area contributed by atoms with Crippen molar-refractivity contribution in [2.75, 3.05) is 13.1 Å². The molecular weight excluding hydrogens is 487 g/mol. The second-order valence-corrected chi connectivity index (χ2v) is 8.24. The monoisotopic (exact) mass is 516 g/mol. The van der Waals surface area contributed by atoms with Crippen LogP contribution in [0, 0.1) is 5.41 Å². The van der Waals surface area contributed by atoms with E-state index in [9.17, 15) is 0 Å². The molecule has 6 nitrogen and oxygen atoms in total. The first-order valence-electron chi connectivity index (χ1n) is 9.64. The summed E-state index contributed by atoms with van der Waals surface area (Å²) >= 11 is 6.12. The number of halogens is 2. The molecule has 0 spiro atoms. The van der Waals surface area contributed by atoms with Gasteiger partial charge in [0.2, 0.25) is 0 Å². The van der Waals surface area contributed by atoms with E-state index < -0.39 is 0 Å². The molecule has 2 heterocycles. The molecule has 8 heteroatoms. The van der Waals surface area contributed by atoms with Gasteiger partial charge < -0.3 is 15.2 Å². The van der Waals surface area contributed by atoms with E-state index in [1.165, 1.54) is 5.56 Å². The third kappa shape index (κ3) is 6.34. The number of aryl methyl sites for hydroxylation is 1. The fraction of sp³-hybridized carbons (Fsp3) is 0.550.